The largest absolute Gasteiger partial charge is 0.493 e. The number of rotatable bonds is 14. The average molecular weight is 786 g/mol. The van der Waals surface area contributed by atoms with Gasteiger partial charge in [0.1, 0.15) is 41.0 Å². The highest BCUT2D eigenvalue weighted by atomic mass is 19.1. The Hall–Kier alpha value is -5.83. The van der Waals surface area contributed by atoms with Crippen molar-refractivity contribution in [2.75, 3.05) is 37.7 Å². The standard InChI is InChI=1S/C42H45F2N5O8/c1-40(2,3)57-39(53)47-23-36(50)56-35-24-48(25-41(35)14-15-41)19-4-20-54-29-10-11-30-32(22-29)46-18-13-33(30)55-34-12-9-28(21-31(34)44)49(27-7-5-26(43)6-8-27)38(52)42(16-17-42)37(45)51/h5-13,18,21-22,35H,4,14-17,19-20,23-25H2,1-3H3,(H2,45,51)(H,47,53). The maximum atomic E-state index is 15.7. The third-order valence-electron chi connectivity index (χ3n) is 10.5. The second kappa shape index (κ2) is 15.6. The number of fused-ring (bicyclic) bond motifs is 1. The van der Waals surface area contributed by atoms with Crippen LogP contribution < -0.4 is 25.4 Å². The smallest absolute Gasteiger partial charge is 0.408 e. The van der Waals surface area contributed by atoms with Gasteiger partial charge in [0.25, 0.3) is 0 Å². The van der Waals surface area contributed by atoms with Crippen LogP contribution in [0.5, 0.6) is 17.2 Å². The van der Waals surface area contributed by atoms with Crippen molar-refractivity contribution in [1.82, 2.24) is 15.2 Å². The fraction of sp³-hybridized carbons (Fsp3) is 0.405. The zero-order chi connectivity index (χ0) is 40.5. The number of pyridine rings is 1. The van der Waals surface area contributed by atoms with E-state index in [4.69, 9.17) is 24.7 Å². The Labute approximate surface area is 328 Å². The quantitative estimate of drug-likeness (QED) is 0.0816. The van der Waals surface area contributed by atoms with E-state index in [0.717, 1.165) is 38.4 Å². The number of carbonyl (C=O) groups is 4. The Bertz CT molecular complexity index is 2190. The fourth-order valence-corrected chi connectivity index (χ4v) is 7.14. The monoisotopic (exact) mass is 785 g/mol. The van der Waals surface area contributed by atoms with Gasteiger partial charge in [-0.2, -0.15) is 0 Å². The molecule has 1 atom stereocenters. The second-order valence-electron chi connectivity index (χ2n) is 15.9. The third kappa shape index (κ3) is 8.93. The predicted octanol–water partition coefficient (Wildman–Crippen LogP) is 6.54. The van der Waals surface area contributed by atoms with E-state index in [1.165, 1.54) is 41.3 Å². The lowest BCUT2D eigenvalue weighted by molar-refractivity contribution is -0.149. The van der Waals surface area contributed by atoms with E-state index in [-0.39, 0.29) is 48.0 Å². The number of likely N-dealkylation sites (tertiary alicyclic amines) is 1. The number of esters is 1. The highest BCUT2D eigenvalue weighted by Crippen LogP contribution is 2.54. The number of anilines is 2. The van der Waals surface area contributed by atoms with Gasteiger partial charge in [-0.25, -0.2) is 13.6 Å². The van der Waals surface area contributed by atoms with E-state index in [2.05, 4.69) is 15.2 Å². The van der Waals surface area contributed by atoms with Gasteiger partial charge in [0.2, 0.25) is 11.8 Å². The number of nitrogens with two attached hydrogens (primary N) is 1. The number of nitrogens with zero attached hydrogens (tertiary/aromatic N) is 3. The Morgan fingerprint density at radius 1 is 0.947 bits per heavy atom. The number of ether oxygens (including phenoxy) is 4. The summed E-state index contributed by atoms with van der Waals surface area (Å²) in [6.45, 7) is 7.63. The zero-order valence-electron chi connectivity index (χ0n) is 32.0. The van der Waals surface area contributed by atoms with Crippen LogP contribution in [0.3, 0.4) is 0 Å². The van der Waals surface area contributed by atoms with E-state index in [1.54, 1.807) is 51.2 Å². The molecule has 1 aliphatic heterocycles. The lowest BCUT2D eigenvalue weighted by Gasteiger charge is -2.26. The number of aromatic nitrogens is 1. The topological polar surface area (TPSA) is 163 Å². The number of benzene rings is 3. The van der Waals surface area contributed by atoms with Crippen LogP contribution >= 0.6 is 0 Å². The first-order valence-electron chi connectivity index (χ1n) is 18.9. The molecule has 1 aromatic heterocycles. The summed E-state index contributed by atoms with van der Waals surface area (Å²) in [4.78, 5) is 58.1. The zero-order valence-corrected chi connectivity index (χ0v) is 32.0. The number of primary amides is 1. The van der Waals surface area contributed by atoms with Gasteiger partial charge in [-0.1, -0.05) is 0 Å². The number of hydrogen-bond donors (Lipinski definition) is 2. The molecule has 3 aliphatic rings. The molecule has 2 saturated carbocycles. The summed E-state index contributed by atoms with van der Waals surface area (Å²) in [6.07, 6.45) is 3.89. The molecular formula is C42H45F2N5O8. The van der Waals surface area contributed by atoms with Gasteiger partial charge in [-0.05, 0) is 107 Å². The highest BCUT2D eigenvalue weighted by molar-refractivity contribution is 6.16. The van der Waals surface area contributed by atoms with Gasteiger partial charge >= 0.3 is 12.1 Å². The summed E-state index contributed by atoms with van der Waals surface area (Å²) < 4.78 is 52.4. The third-order valence-corrected chi connectivity index (χ3v) is 10.5. The van der Waals surface area contributed by atoms with E-state index in [9.17, 15) is 23.6 Å². The fourth-order valence-electron chi connectivity index (χ4n) is 7.14. The van der Waals surface area contributed by atoms with Crippen LogP contribution in [-0.2, 0) is 23.9 Å². The lowest BCUT2D eigenvalue weighted by Crippen LogP contribution is -2.41. The Morgan fingerprint density at radius 3 is 2.35 bits per heavy atom. The molecule has 3 N–H and O–H groups in total. The number of alkyl carbamates (subject to hydrolysis) is 1. The number of carbonyl (C=O) groups excluding carboxylic acids is 4. The van der Waals surface area contributed by atoms with Gasteiger partial charge in [0.05, 0.1) is 17.8 Å². The summed E-state index contributed by atoms with van der Waals surface area (Å²) in [7, 11) is 0. The normalized spacial score (nSPS) is 17.8. The van der Waals surface area contributed by atoms with Crippen molar-refractivity contribution in [3.63, 3.8) is 0 Å². The van der Waals surface area contributed by atoms with E-state index in [1.807, 2.05) is 0 Å². The summed E-state index contributed by atoms with van der Waals surface area (Å²) >= 11 is 0. The van der Waals surface area contributed by atoms with Crippen molar-refractivity contribution in [2.45, 2.75) is 64.6 Å². The molecule has 3 amide bonds. The average Bonchev–Trinajstić information content (AvgIpc) is 4.09. The SMILES string of the molecule is CC(C)(C)OC(=O)NCC(=O)OC1CN(CCCOc2ccc3c(Oc4ccc(N(C(=O)C5(C(N)=O)CC5)c5ccc(F)cc5)cc4F)ccnc3c2)CC12CC2. The molecule has 1 spiro atoms. The molecule has 3 fully saturated rings. The van der Waals surface area contributed by atoms with E-state index < -0.39 is 46.5 Å². The maximum absolute atomic E-state index is 15.7. The van der Waals surface area contributed by atoms with Gasteiger partial charge in [0, 0.05) is 54.5 Å². The molecule has 4 aromatic rings. The number of nitrogens with one attached hydrogen (secondary N) is 1. The first kappa shape index (κ1) is 39.4. The van der Waals surface area contributed by atoms with Crippen molar-refractivity contribution in [3.8, 4) is 17.2 Å². The van der Waals surface area contributed by atoms with Crippen molar-refractivity contribution < 1.29 is 46.9 Å². The molecule has 7 rings (SSSR count). The van der Waals surface area contributed by atoms with Crippen LogP contribution in [0.4, 0.5) is 25.0 Å². The van der Waals surface area contributed by atoms with Crippen molar-refractivity contribution in [3.05, 3.63) is 84.6 Å². The van der Waals surface area contributed by atoms with Gasteiger partial charge < -0.3 is 30.0 Å². The molecule has 0 radical (unpaired) electrons. The number of halogens is 2. The first-order chi connectivity index (χ1) is 27.1. The first-order valence-corrected chi connectivity index (χ1v) is 18.9. The molecule has 2 aliphatic carbocycles. The van der Waals surface area contributed by atoms with Gasteiger partial charge in [-0.3, -0.25) is 29.2 Å². The Morgan fingerprint density at radius 2 is 1.68 bits per heavy atom. The molecule has 1 saturated heterocycles. The number of amides is 3. The Kier molecular flexibility index (Phi) is 10.8. The molecule has 3 aromatic carbocycles. The van der Waals surface area contributed by atoms with Crippen LogP contribution in [0.1, 0.15) is 52.9 Å². The lowest BCUT2D eigenvalue weighted by atomic mass is 10.0. The van der Waals surface area contributed by atoms with Crippen molar-refractivity contribution in [2.24, 2.45) is 16.6 Å². The molecule has 300 valence electrons. The molecule has 0 bridgehead atoms. The van der Waals surface area contributed by atoms with Gasteiger partial charge in [0.15, 0.2) is 11.6 Å². The highest BCUT2D eigenvalue weighted by Gasteiger charge is 2.58. The summed E-state index contributed by atoms with van der Waals surface area (Å²) in [5.74, 6) is -2.34. The molecule has 2 heterocycles. The second-order valence-corrected chi connectivity index (χ2v) is 15.9. The Balaban J connectivity index is 0.937. The minimum atomic E-state index is -1.40. The van der Waals surface area contributed by atoms with Crippen LogP contribution in [-0.4, -0.2) is 78.3 Å². The minimum Gasteiger partial charge on any atom is -0.493 e. The minimum absolute atomic E-state index is 0.0355. The van der Waals surface area contributed by atoms with E-state index in [0.29, 0.717) is 35.6 Å². The van der Waals surface area contributed by atoms with Crippen LogP contribution in [0.25, 0.3) is 10.9 Å². The van der Waals surface area contributed by atoms with Crippen molar-refractivity contribution >= 4 is 46.2 Å². The maximum Gasteiger partial charge on any atom is 0.408 e. The van der Waals surface area contributed by atoms with E-state index >= 15 is 4.39 Å². The molecule has 13 nitrogen and oxygen atoms in total. The summed E-state index contributed by atoms with van der Waals surface area (Å²) in [6, 6.07) is 16.0. The van der Waals surface area contributed by atoms with Gasteiger partial charge in [-0.15, -0.1) is 0 Å². The molecular weight excluding hydrogens is 740 g/mol. The summed E-state index contributed by atoms with van der Waals surface area (Å²) in [5.41, 5.74) is 4.41. The van der Waals surface area contributed by atoms with Crippen LogP contribution in [0.15, 0.2) is 72.9 Å². The van der Waals surface area contributed by atoms with Crippen LogP contribution in [0, 0.1) is 22.5 Å². The molecule has 15 heteroatoms. The summed E-state index contributed by atoms with van der Waals surface area (Å²) in [5, 5.41) is 3.07. The molecule has 57 heavy (non-hydrogen) atoms. The number of hydrogen-bond acceptors (Lipinski definition) is 10. The molecule has 1 unspecified atom stereocenters. The van der Waals surface area contributed by atoms with Crippen molar-refractivity contribution in [1.29, 1.82) is 0 Å². The van der Waals surface area contributed by atoms with Crippen LogP contribution in [0.2, 0.25) is 0 Å². The predicted molar refractivity (Wildman–Crippen MR) is 205 cm³/mol.